The second kappa shape index (κ2) is 9.97. The molecule has 8 heteroatoms. The highest BCUT2D eigenvalue weighted by molar-refractivity contribution is 5.37. The lowest BCUT2D eigenvalue weighted by Gasteiger charge is -2.20. The third-order valence-electron chi connectivity index (χ3n) is 3.45. The molecule has 0 N–H and O–H groups in total. The van der Waals surface area contributed by atoms with Crippen LogP contribution in [0.3, 0.4) is 0 Å². The van der Waals surface area contributed by atoms with E-state index in [1.54, 1.807) is 24.8 Å². The zero-order valence-corrected chi connectivity index (χ0v) is 14.4. The molecular weight excluding hydrogens is 328 g/mol. The van der Waals surface area contributed by atoms with Crippen molar-refractivity contribution in [3.63, 3.8) is 0 Å². The van der Waals surface area contributed by atoms with Crippen LogP contribution in [0, 0.1) is 0 Å². The summed E-state index contributed by atoms with van der Waals surface area (Å²) in [6.07, 6.45) is 8.61. The zero-order chi connectivity index (χ0) is 17.9. The first-order chi connectivity index (χ1) is 12.9. The van der Waals surface area contributed by atoms with E-state index in [0.29, 0.717) is 26.2 Å². The Bertz CT molecular complexity index is 727. The summed E-state index contributed by atoms with van der Waals surface area (Å²) < 4.78 is 0. The van der Waals surface area contributed by atoms with Crippen LogP contribution in [-0.4, -0.2) is 46.6 Å². The maximum absolute atomic E-state index is 4.34. The summed E-state index contributed by atoms with van der Waals surface area (Å²) in [5.74, 6) is 0. The van der Waals surface area contributed by atoms with E-state index in [-0.39, 0.29) is 0 Å². The van der Waals surface area contributed by atoms with Gasteiger partial charge in [0.1, 0.15) is 0 Å². The van der Waals surface area contributed by atoms with Crippen molar-refractivity contribution < 1.29 is 0 Å². The molecular formula is C18H20N8-4. The molecule has 0 fully saturated rings. The van der Waals surface area contributed by atoms with Gasteiger partial charge in [-0.2, -0.15) is 45.2 Å². The van der Waals surface area contributed by atoms with Crippen molar-refractivity contribution in [2.24, 2.45) is 0 Å². The third kappa shape index (κ3) is 6.04. The average molecular weight is 348 g/mol. The Balaban J connectivity index is 1.66. The van der Waals surface area contributed by atoms with Gasteiger partial charge in [-0.15, -0.1) is 26.2 Å². The summed E-state index contributed by atoms with van der Waals surface area (Å²) in [7, 11) is 0. The van der Waals surface area contributed by atoms with Gasteiger partial charge in [0.15, 0.2) is 0 Å². The fourth-order valence-corrected chi connectivity index (χ4v) is 2.12. The van der Waals surface area contributed by atoms with Crippen LogP contribution >= 0.6 is 0 Å². The van der Waals surface area contributed by atoms with E-state index < -0.39 is 0 Å². The minimum Gasteiger partial charge on any atom is -0.689 e. The summed E-state index contributed by atoms with van der Waals surface area (Å²) in [4.78, 5) is 0. The van der Waals surface area contributed by atoms with Crippen LogP contribution in [0.5, 0.6) is 0 Å². The Hall–Kier alpha value is -3.16. The fraction of sp³-hybridized carbons (Fsp3) is 0.333. The highest BCUT2D eigenvalue weighted by Crippen LogP contribution is 1.97. The molecule has 0 spiro atoms. The summed E-state index contributed by atoms with van der Waals surface area (Å²) in [5, 5.41) is 36.8. The van der Waals surface area contributed by atoms with Crippen molar-refractivity contribution in [3.05, 3.63) is 66.9 Å². The normalized spacial score (nSPS) is 15.7. The summed E-state index contributed by atoms with van der Waals surface area (Å²) >= 11 is 0. The van der Waals surface area contributed by atoms with Crippen molar-refractivity contribution >= 4 is 24.8 Å². The first-order valence-corrected chi connectivity index (χ1v) is 8.57. The molecule has 4 aliphatic rings. The Morgan fingerprint density at radius 1 is 0.462 bits per heavy atom. The quantitative estimate of drug-likeness (QED) is 0.678. The molecule has 136 valence electrons. The van der Waals surface area contributed by atoms with Crippen molar-refractivity contribution in [2.75, 3.05) is 26.2 Å². The molecule has 0 saturated heterocycles. The molecule has 2 aromatic rings. The van der Waals surface area contributed by atoms with Crippen molar-refractivity contribution in [1.82, 2.24) is 20.4 Å². The minimum absolute atomic E-state index is 0.684. The van der Waals surface area contributed by atoms with Gasteiger partial charge < -0.3 is 21.3 Å². The predicted octanol–water partition coefficient (Wildman–Crippen LogP) is 0.207. The standard InChI is InChI=1S/C18H20N8/c1-7-19-11-15-3-5-17(25-23-15)13-21-9-2-10-22-14-18-6-4-16(24-26-18)12-20-8-1/h3-6,11-14H,1-2,7-10H2/q-4. The average Bonchev–Trinajstić information content (AvgIpc) is 2.68. The molecule has 4 bridgehead atoms. The van der Waals surface area contributed by atoms with Gasteiger partial charge >= 0.3 is 0 Å². The Kier molecular flexibility index (Phi) is 6.77. The van der Waals surface area contributed by atoms with Crippen molar-refractivity contribution in [2.45, 2.75) is 12.8 Å². The second-order valence-electron chi connectivity index (χ2n) is 5.61. The van der Waals surface area contributed by atoms with Crippen molar-refractivity contribution in [1.29, 1.82) is 0 Å². The Morgan fingerprint density at radius 3 is 0.962 bits per heavy atom. The molecule has 6 heterocycles. The van der Waals surface area contributed by atoms with Gasteiger partial charge in [-0.05, 0) is 24.3 Å². The predicted molar refractivity (Wildman–Crippen MR) is 103 cm³/mol. The van der Waals surface area contributed by atoms with E-state index in [1.165, 1.54) is 0 Å². The molecule has 6 rings (SSSR count). The van der Waals surface area contributed by atoms with E-state index in [2.05, 4.69) is 41.7 Å². The van der Waals surface area contributed by atoms with E-state index >= 15 is 0 Å². The molecule has 0 unspecified atom stereocenters. The molecule has 0 radical (unpaired) electrons. The van der Waals surface area contributed by atoms with Gasteiger partial charge in [0.05, 0.1) is 21.4 Å². The smallest absolute Gasteiger partial charge is 0.0637 e. The van der Waals surface area contributed by atoms with Crippen LogP contribution in [-0.2, 0) is 0 Å². The summed E-state index contributed by atoms with van der Waals surface area (Å²) in [5.41, 5.74) is 0. The molecule has 0 aromatic carbocycles. The molecule has 0 saturated carbocycles. The maximum Gasteiger partial charge on any atom is 0.0637 e. The molecule has 4 aliphatic heterocycles. The fourth-order valence-electron chi connectivity index (χ4n) is 2.12. The van der Waals surface area contributed by atoms with Gasteiger partial charge in [0, 0.05) is 0 Å². The van der Waals surface area contributed by atoms with Gasteiger partial charge in [0.25, 0.3) is 0 Å². The molecule has 2 aromatic heterocycles. The first kappa shape index (κ1) is 17.7. The van der Waals surface area contributed by atoms with E-state index in [1.807, 2.05) is 24.3 Å². The maximum atomic E-state index is 4.34. The molecule has 0 atom stereocenters. The van der Waals surface area contributed by atoms with Crippen LogP contribution in [0.1, 0.15) is 12.8 Å². The van der Waals surface area contributed by atoms with Crippen molar-refractivity contribution in [3.8, 4) is 0 Å². The second-order valence-corrected chi connectivity index (χ2v) is 5.61. The summed E-state index contributed by atoms with van der Waals surface area (Å²) in [6.45, 7) is 2.74. The van der Waals surface area contributed by atoms with Crippen LogP contribution in [0.2, 0.25) is 0 Å². The Labute approximate surface area is 151 Å². The number of rotatable bonds is 0. The lowest BCUT2D eigenvalue weighted by molar-refractivity contribution is 0.936. The molecule has 26 heavy (non-hydrogen) atoms. The topological polar surface area (TPSA) is 108 Å². The Morgan fingerprint density at radius 2 is 0.731 bits per heavy atom. The highest BCUT2D eigenvalue weighted by Gasteiger charge is 1.80. The number of hydrogen-bond acceptors (Lipinski definition) is 4. The largest absolute Gasteiger partial charge is 0.689 e. The lowest BCUT2D eigenvalue weighted by atomic mass is 10.4. The molecule has 0 aliphatic carbocycles. The van der Waals surface area contributed by atoms with Crippen LogP contribution in [0.4, 0.5) is 0 Å². The van der Waals surface area contributed by atoms with Crippen LogP contribution in [0.15, 0.2) is 24.3 Å². The molecule has 0 amide bonds. The van der Waals surface area contributed by atoms with E-state index in [4.69, 9.17) is 0 Å². The van der Waals surface area contributed by atoms with E-state index in [0.717, 1.165) is 34.2 Å². The lowest BCUT2D eigenvalue weighted by Crippen LogP contribution is -2.18. The SMILES string of the molecule is C1=c2ccc(nn2)=C[N-]CCC[N-]C=c2ccc(nn2)=C[N-]CCC[N-]1. The monoisotopic (exact) mass is 348 g/mol. The zero-order valence-electron chi connectivity index (χ0n) is 14.4. The van der Waals surface area contributed by atoms with Crippen LogP contribution in [0.25, 0.3) is 46.1 Å². The van der Waals surface area contributed by atoms with E-state index in [9.17, 15) is 0 Å². The minimum atomic E-state index is 0.684. The number of hydrogen-bond donors (Lipinski definition) is 0. The van der Waals surface area contributed by atoms with Gasteiger partial charge in [-0.25, -0.2) is 0 Å². The van der Waals surface area contributed by atoms with Gasteiger partial charge in [-0.3, -0.25) is 0 Å². The third-order valence-corrected chi connectivity index (χ3v) is 3.45. The number of aromatic nitrogens is 4. The van der Waals surface area contributed by atoms with Gasteiger partial charge in [0.2, 0.25) is 0 Å². The van der Waals surface area contributed by atoms with Crippen LogP contribution < -0.4 is 21.4 Å². The first-order valence-electron chi connectivity index (χ1n) is 8.57. The van der Waals surface area contributed by atoms with Gasteiger partial charge in [-0.1, -0.05) is 12.8 Å². The molecule has 8 nitrogen and oxygen atoms in total. The number of nitrogens with zero attached hydrogens (tertiary/aromatic N) is 8. The highest BCUT2D eigenvalue weighted by atomic mass is 15.1. The summed E-state index contributed by atoms with van der Waals surface area (Å²) in [6, 6.07) is 7.53.